The van der Waals surface area contributed by atoms with Crippen molar-refractivity contribution in [2.45, 2.75) is 58.7 Å². The number of hydrogen-bond acceptors (Lipinski definition) is 4. The first kappa shape index (κ1) is 23.0. The lowest BCUT2D eigenvalue weighted by molar-refractivity contribution is -0.00934. The van der Waals surface area contributed by atoms with Crippen molar-refractivity contribution in [1.82, 2.24) is 0 Å². The molecule has 2 rings (SSSR count). The van der Waals surface area contributed by atoms with Gasteiger partial charge in [-0.05, 0) is 70.0 Å². The van der Waals surface area contributed by atoms with Crippen LogP contribution in [0.1, 0.15) is 45.7 Å². The predicted octanol–water partition coefficient (Wildman–Crippen LogP) is 5.11. The van der Waals surface area contributed by atoms with Crippen LogP contribution in [-0.2, 0) is 22.3 Å². The van der Waals surface area contributed by atoms with E-state index in [-0.39, 0.29) is 11.2 Å². The zero-order valence-corrected chi connectivity index (χ0v) is 17.5. The highest BCUT2D eigenvalue weighted by Crippen LogP contribution is 2.19. The Balaban J connectivity index is 0.000000271. The van der Waals surface area contributed by atoms with E-state index in [4.69, 9.17) is 19.7 Å². The molecule has 4 nitrogen and oxygen atoms in total. The van der Waals surface area contributed by atoms with Gasteiger partial charge in [0, 0.05) is 26.6 Å². The van der Waals surface area contributed by atoms with Crippen molar-refractivity contribution in [1.29, 1.82) is 0 Å². The number of methoxy groups -OCH3 is 1. The highest BCUT2D eigenvalue weighted by molar-refractivity contribution is 5.27. The Bertz CT molecular complexity index is 658. The van der Waals surface area contributed by atoms with E-state index in [0.29, 0.717) is 11.5 Å². The van der Waals surface area contributed by atoms with Crippen molar-refractivity contribution >= 4 is 0 Å². The molecule has 4 heteroatoms. The van der Waals surface area contributed by atoms with E-state index < -0.39 is 0 Å². The molecule has 0 spiro atoms. The summed E-state index contributed by atoms with van der Waals surface area (Å²) in [7, 11) is 1.71. The van der Waals surface area contributed by atoms with Gasteiger partial charge in [0.05, 0.1) is 11.2 Å². The van der Waals surface area contributed by atoms with Gasteiger partial charge in [0.25, 0.3) is 0 Å². The monoisotopic (exact) mass is 374 g/mol. The molecule has 0 unspecified atom stereocenters. The SMILES string of the molecule is CCOC(C)(C)Cc1ccc(O)cc1.COC(C)(C)Cc1ccc(O)cc1. The molecule has 27 heavy (non-hydrogen) atoms. The molecule has 0 atom stereocenters. The van der Waals surface area contributed by atoms with E-state index >= 15 is 0 Å². The number of phenols is 2. The van der Waals surface area contributed by atoms with Crippen LogP contribution in [0.3, 0.4) is 0 Å². The summed E-state index contributed by atoms with van der Waals surface area (Å²) in [6.07, 6.45) is 1.71. The molecule has 2 aromatic rings. The van der Waals surface area contributed by atoms with E-state index in [1.165, 1.54) is 11.1 Å². The lowest BCUT2D eigenvalue weighted by Gasteiger charge is -2.24. The molecule has 0 aliphatic rings. The highest BCUT2D eigenvalue weighted by Gasteiger charge is 2.18. The summed E-state index contributed by atoms with van der Waals surface area (Å²) in [5, 5.41) is 18.2. The molecule has 0 radical (unpaired) electrons. The number of ether oxygens (including phenoxy) is 2. The molecular weight excluding hydrogens is 340 g/mol. The van der Waals surface area contributed by atoms with Gasteiger partial charge in [0.2, 0.25) is 0 Å². The molecule has 0 amide bonds. The van der Waals surface area contributed by atoms with Gasteiger partial charge < -0.3 is 19.7 Å². The van der Waals surface area contributed by atoms with Crippen molar-refractivity contribution in [2.75, 3.05) is 13.7 Å². The molecule has 0 fully saturated rings. The number of benzene rings is 2. The minimum Gasteiger partial charge on any atom is -0.508 e. The third kappa shape index (κ3) is 9.45. The first-order valence-electron chi connectivity index (χ1n) is 9.32. The van der Waals surface area contributed by atoms with E-state index in [9.17, 15) is 0 Å². The van der Waals surface area contributed by atoms with Gasteiger partial charge in [-0.3, -0.25) is 0 Å². The van der Waals surface area contributed by atoms with Gasteiger partial charge >= 0.3 is 0 Å². The summed E-state index contributed by atoms with van der Waals surface area (Å²) in [6.45, 7) is 11.0. The average Bonchev–Trinajstić information content (AvgIpc) is 2.59. The summed E-state index contributed by atoms with van der Waals surface area (Å²) in [5.41, 5.74) is 2.08. The Morgan fingerprint density at radius 2 is 1.07 bits per heavy atom. The Kier molecular flexibility index (Phi) is 8.80. The topological polar surface area (TPSA) is 58.9 Å². The maximum absolute atomic E-state index is 9.13. The van der Waals surface area contributed by atoms with Crippen LogP contribution in [0.4, 0.5) is 0 Å². The van der Waals surface area contributed by atoms with E-state index in [2.05, 4.69) is 13.8 Å². The zero-order chi connectivity index (χ0) is 20.5. The van der Waals surface area contributed by atoms with Crippen molar-refractivity contribution in [3.05, 3.63) is 59.7 Å². The van der Waals surface area contributed by atoms with Crippen LogP contribution in [0.25, 0.3) is 0 Å². The van der Waals surface area contributed by atoms with Gasteiger partial charge in [-0.15, -0.1) is 0 Å². The predicted molar refractivity (Wildman–Crippen MR) is 110 cm³/mol. The number of rotatable bonds is 7. The van der Waals surface area contributed by atoms with Crippen LogP contribution < -0.4 is 0 Å². The third-order valence-corrected chi connectivity index (χ3v) is 4.22. The normalized spacial score (nSPS) is 11.6. The van der Waals surface area contributed by atoms with Gasteiger partial charge in [0.15, 0.2) is 0 Å². The molecule has 150 valence electrons. The van der Waals surface area contributed by atoms with Crippen LogP contribution >= 0.6 is 0 Å². The second-order valence-corrected chi connectivity index (χ2v) is 7.84. The summed E-state index contributed by atoms with van der Waals surface area (Å²) < 4.78 is 10.9. The zero-order valence-electron chi connectivity index (χ0n) is 17.5. The van der Waals surface area contributed by atoms with Crippen molar-refractivity contribution in [3.8, 4) is 11.5 Å². The summed E-state index contributed by atoms with van der Waals surface area (Å²) in [4.78, 5) is 0. The number of aromatic hydroxyl groups is 2. The molecule has 0 saturated heterocycles. The fourth-order valence-corrected chi connectivity index (χ4v) is 2.72. The molecule has 0 heterocycles. The van der Waals surface area contributed by atoms with Gasteiger partial charge in [-0.1, -0.05) is 24.3 Å². The summed E-state index contributed by atoms with van der Waals surface area (Å²) in [6, 6.07) is 14.5. The smallest absolute Gasteiger partial charge is 0.115 e. The standard InChI is InChI=1S/C12H18O2.C11H16O2/c1-4-14-12(2,3)9-10-5-7-11(13)8-6-10;1-11(2,13-3)8-9-4-6-10(12)7-5-9/h5-8,13H,4,9H2,1-3H3;4-7,12H,8H2,1-3H3. The van der Waals surface area contributed by atoms with Crippen LogP contribution in [0, 0.1) is 0 Å². The average molecular weight is 375 g/mol. The maximum Gasteiger partial charge on any atom is 0.115 e. The van der Waals surface area contributed by atoms with Crippen LogP contribution in [-0.4, -0.2) is 35.1 Å². The van der Waals surface area contributed by atoms with E-state index in [1.54, 1.807) is 31.4 Å². The molecule has 0 aromatic heterocycles. The Hall–Kier alpha value is -2.04. The van der Waals surface area contributed by atoms with E-state index in [0.717, 1.165) is 19.4 Å². The number of hydrogen-bond donors (Lipinski definition) is 2. The molecule has 2 N–H and O–H groups in total. The molecular formula is C23H34O4. The minimum absolute atomic E-state index is 0.133. The first-order chi connectivity index (χ1) is 12.6. The van der Waals surface area contributed by atoms with Crippen LogP contribution in [0.5, 0.6) is 11.5 Å². The minimum atomic E-state index is -0.142. The molecule has 0 aliphatic carbocycles. The van der Waals surface area contributed by atoms with E-state index in [1.807, 2.05) is 45.0 Å². The highest BCUT2D eigenvalue weighted by atomic mass is 16.5. The number of phenolic OH excluding ortho intramolecular Hbond substituents is 2. The second-order valence-electron chi connectivity index (χ2n) is 7.84. The lowest BCUT2D eigenvalue weighted by atomic mass is 9.98. The Labute approximate surface area is 163 Å². The Morgan fingerprint density at radius 3 is 1.41 bits per heavy atom. The molecule has 0 aliphatic heterocycles. The summed E-state index contributed by atoms with van der Waals surface area (Å²) >= 11 is 0. The van der Waals surface area contributed by atoms with Crippen molar-refractivity contribution in [3.63, 3.8) is 0 Å². The van der Waals surface area contributed by atoms with Gasteiger partial charge in [-0.2, -0.15) is 0 Å². The quantitative estimate of drug-likeness (QED) is 0.707. The van der Waals surface area contributed by atoms with Crippen LogP contribution in [0.2, 0.25) is 0 Å². The van der Waals surface area contributed by atoms with Crippen LogP contribution in [0.15, 0.2) is 48.5 Å². The fraction of sp³-hybridized carbons (Fsp3) is 0.478. The van der Waals surface area contributed by atoms with Gasteiger partial charge in [0.1, 0.15) is 11.5 Å². The largest absolute Gasteiger partial charge is 0.508 e. The maximum atomic E-state index is 9.13. The summed E-state index contributed by atoms with van der Waals surface area (Å²) in [5.74, 6) is 0.613. The fourth-order valence-electron chi connectivity index (χ4n) is 2.72. The molecule has 2 aromatic carbocycles. The third-order valence-electron chi connectivity index (χ3n) is 4.22. The van der Waals surface area contributed by atoms with Crippen molar-refractivity contribution < 1.29 is 19.7 Å². The molecule has 0 bridgehead atoms. The van der Waals surface area contributed by atoms with Gasteiger partial charge in [-0.25, -0.2) is 0 Å². The first-order valence-corrected chi connectivity index (χ1v) is 9.32. The lowest BCUT2D eigenvalue weighted by Crippen LogP contribution is -2.27. The van der Waals surface area contributed by atoms with Crippen molar-refractivity contribution in [2.24, 2.45) is 0 Å². The second kappa shape index (κ2) is 10.3. The Morgan fingerprint density at radius 1 is 0.704 bits per heavy atom. The molecule has 0 saturated carbocycles.